The highest BCUT2D eigenvalue weighted by atomic mass is 79.9. The average Bonchev–Trinajstić information content (AvgIpc) is 2.39. The van der Waals surface area contributed by atoms with Crippen LogP contribution in [0.5, 0.6) is 11.6 Å². The Hall–Kier alpha value is -1.69. The van der Waals surface area contributed by atoms with E-state index >= 15 is 0 Å². The lowest BCUT2D eigenvalue weighted by Gasteiger charge is -2.11. The molecule has 0 amide bonds. The Balaban J connectivity index is 2.39. The third-order valence-electron chi connectivity index (χ3n) is 2.76. The van der Waals surface area contributed by atoms with Crippen molar-refractivity contribution in [1.82, 2.24) is 4.98 Å². The molecule has 0 bridgehead atoms. The number of nitrogens with zero attached hydrogens (tertiary/aromatic N) is 1. The Labute approximate surface area is 124 Å². The zero-order valence-corrected chi connectivity index (χ0v) is 12.8. The molecule has 1 aromatic heterocycles. The number of nitrogens with one attached hydrogen (secondary N) is 1. The first-order chi connectivity index (χ1) is 9.42. The van der Waals surface area contributed by atoms with Crippen molar-refractivity contribution in [3.63, 3.8) is 0 Å². The maximum absolute atomic E-state index is 13.7. The molecule has 2 aromatic rings. The Morgan fingerprint density at radius 2 is 1.70 bits per heavy atom. The summed E-state index contributed by atoms with van der Waals surface area (Å²) < 4.78 is 33.4. The smallest absolute Gasteiger partial charge is 0.258 e. The van der Waals surface area contributed by atoms with Crippen LogP contribution in [0.1, 0.15) is 11.1 Å². The minimum atomic E-state index is -0.847. The molecule has 0 saturated carbocycles. The highest BCUT2D eigenvalue weighted by Gasteiger charge is 2.14. The van der Waals surface area contributed by atoms with E-state index in [1.165, 1.54) is 7.05 Å². The van der Waals surface area contributed by atoms with Crippen LogP contribution in [-0.4, -0.2) is 12.0 Å². The minimum Gasteiger partial charge on any atom is -0.436 e. The SMILES string of the molecule is CNc1nc(Oc2cc(C)c(Br)c(C)c2)c(F)cc1F. The summed E-state index contributed by atoms with van der Waals surface area (Å²) in [5.74, 6) is -1.49. The Morgan fingerprint density at radius 3 is 2.25 bits per heavy atom. The first-order valence-electron chi connectivity index (χ1n) is 5.90. The van der Waals surface area contributed by atoms with E-state index in [0.717, 1.165) is 21.7 Å². The third-order valence-corrected chi connectivity index (χ3v) is 4.01. The molecule has 1 heterocycles. The lowest BCUT2D eigenvalue weighted by molar-refractivity contribution is 0.417. The molecule has 0 spiro atoms. The molecular formula is C14H13BrF2N2O. The lowest BCUT2D eigenvalue weighted by atomic mass is 10.1. The maximum Gasteiger partial charge on any atom is 0.258 e. The topological polar surface area (TPSA) is 34.2 Å². The summed E-state index contributed by atoms with van der Waals surface area (Å²) in [4.78, 5) is 3.77. The summed E-state index contributed by atoms with van der Waals surface area (Å²) >= 11 is 3.44. The van der Waals surface area contributed by atoms with Crippen molar-refractivity contribution in [2.45, 2.75) is 13.8 Å². The summed E-state index contributed by atoms with van der Waals surface area (Å²) in [6.45, 7) is 3.80. The van der Waals surface area contributed by atoms with Gasteiger partial charge in [-0.25, -0.2) is 8.78 Å². The third kappa shape index (κ3) is 2.90. The number of benzene rings is 1. The number of halogens is 3. The van der Waals surface area contributed by atoms with Gasteiger partial charge < -0.3 is 10.1 Å². The van der Waals surface area contributed by atoms with Crippen molar-refractivity contribution in [3.8, 4) is 11.6 Å². The van der Waals surface area contributed by atoms with Crippen LogP contribution in [0, 0.1) is 25.5 Å². The predicted molar refractivity (Wildman–Crippen MR) is 77.4 cm³/mol. The zero-order chi connectivity index (χ0) is 14.9. The Morgan fingerprint density at radius 1 is 1.10 bits per heavy atom. The summed E-state index contributed by atoms with van der Waals surface area (Å²) in [5, 5.41) is 2.54. The second-order valence-electron chi connectivity index (χ2n) is 4.33. The van der Waals surface area contributed by atoms with Crippen LogP contribution in [0.4, 0.5) is 14.6 Å². The molecule has 2 rings (SSSR count). The first kappa shape index (κ1) is 14.7. The summed E-state index contributed by atoms with van der Waals surface area (Å²) in [7, 11) is 1.50. The van der Waals surface area contributed by atoms with Crippen molar-refractivity contribution in [2.24, 2.45) is 0 Å². The van der Waals surface area contributed by atoms with Gasteiger partial charge in [-0.2, -0.15) is 4.98 Å². The monoisotopic (exact) mass is 342 g/mol. The largest absolute Gasteiger partial charge is 0.436 e. The molecule has 3 nitrogen and oxygen atoms in total. The molecule has 0 aliphatic heterocycles. The van der Waals surface area contributed by atoms with Crippen molar-refractivity contribution >= 4 is 21.7 Å². The van der Waals surface area contributed by atoms with E-state index in [1.807, 2.05) is 13.8 Å². The van der Waals surface area contributed by atoms with Gasteiger partial charge in [-0.1, -0.05) is 15.9 Å². The fraction of sp³-hybridized carbons (Fsp3) is 0.214. The number of aryl methyl sites for hydroxylation is 2. The van der Waals surface area contributed by atoms with Crippen LogP contribution < -0.4 is 10.1 Å². The van der Waals surface area contributed by atoms with Gasteiger partial charge in [0.2, 0.25) is 0 Å². The highest BCUT2D eigenvalue weighted by molar-refractivity contribution is 9.10. The van der Waals surface area contributed by atoms with E-state index in [-0.39, 0.29) is 11.7 Å². The lowest BCUT2D eigenvalue weighted by Crippen LogP contribution is -2.01. The predicted octanol–water partition coefficient (Wildman–Crippen LogP) is 4.57. The van der Waals surface area contributed by atoms with Gasteiger partial charge in [0.05, 0.1) is 0 Å². The number of pyridine rings is 1. The van der Waals surface area contributed by atoms with Crippen molar-refractivity contribution in [2.75, 3.05) is 12.4 Å². The Bertz CT molecular complexity index is 639. The molecule has 0 aliphatic rings. The van der Waals surface area contributed by atoms with Crippen LogP contribution >= 0.6 is 15.9 Å². The first-order valence-corrected chi connectivity index (χ1v) is 6.70. The van der Waals surface area contributed by atoms with Gasteiger partial charge in [-0.3, -0.25) is 0 Å². The normalized spacial score (nSPS) is 10.5. The van der Waals surface area contributed by atoms with Crippen LogP contribution in [0.2, 0.25) is 0 Å². The number of hydrogen-bond donors (Lipinski definition) is 1. The number of hydrogen-bond acceptors (Lipinski definition) is 3. The summed E-state index contributed by atoms with van der Waals surface area (Å²) in [5.41, 5.74) is 1.91. The molecule has 0 radical (unpaired) electrons. The zero-order valence-electron chi connectivity index (χ0n) is 11.2. The number of rotatable bonds is 3. The van der Waals surface area contributed by atoms with E-state index in [0.29, 0.717) is 5.75 Å². The molecular weight excluding hydrogens is 330 g/mol. The second kappa shape index (κ2) is 5.75. The van der Waals surface area contributed by atoms with Gasteiger partial charge in [0, 0.05) is 17.6 Å². The average molecular weight is 343 g/mol. The molecule has 1 aromatic carbocycles. The highest BCUT2D eigenvalue weighted by Crippen LogP contribution is 2.30. The second-order valence-corrected chi connectivity index (χ2v) is 5.12. The quantitative estimate of drug-likeness (QED) is 0.886. The summed E-state index contributed by atoms with van der Waals surface area (Å²) in [6, 6.07) is 4.24. The molecule has 6 heteroatoms. The van der Waals surface area contributed by atoms with Gasteiger partial charge in [0.15, 0.2) is 17.5 Å². The van der Waals surface area contributed by atoms with Crippen LogP contribution in [0.15, 0.2) is 22.7 Å². The van der Waals surface area contributed by atoms with Gasteiger partial charge in [-0.05, 0) is 37.1 Å². The van der Waals surface area contributed by atoms with Crippen LogP contribution in [-0.2, 0) is 0 Å². The van der Waals surface area contributed by atoms with Gasteiger partial charge >= 0.3 is 0 Å². The fourth-order valence-electron chi connectivity index (χ4n) is 1.77. The number of ether oxygens (including phenoxy) is 1. The molecule has 1 N–H and O–H groups in total. The molecule has 0 atom stereocenters. The van der Waals surface area contributed by atoms with Gasteiger partial charge in [0.1, 0.15) is 5.75 Å². The van der Waals surface area contributed by atoms with Crippen LogP contribution in [0.3, 0.4) is 0 Å². The maximum atomic E-state index is 13.7. The van der Waals surface area contributed by atoms with E-state index in [1.54, 1.807) is 12.1 Å². The Kier molecular flexibility index (Phi) is 4.23. The van der Waals surface area contributed by atoms with Crippen molar-refractivity contribution in [1.29, 1.82) is 0 Å². The minimum absolute atomic E-state index is 0.0630. The van der Waals surface area contributed by atoms with Crippen LogP contribution in [0.25, 0.3) is 0 Å². The molecule has 20 heavy (non-hydrogen) atoms. The number of anilines is 1. The molecule has 0 fully saturated rings. The van der Waals surface area contributed by atoms with E-state index < -0.39 is 11.6 Å². The molecule has 0 unspecified atom stereocenters. The summed E-state index contributed by atoms with van der Waals surface area (Å²) in [6.07, 6.45) is 0. The van der Waals surface area contributed by atoms with Gasteiger partial charge in [-0.15, -0.1) is 0 Å². The van der Waals surface area contributed by atoms with Crippen molar-refractivity contribution < 1.29 is 13.5 Å². The molecule has 0 aliphatic carbocycles. The van der Waals surface area contributed by atoms with E-state index in [9.17, 15) is 8.78 Å². The standard InChI is InChI=1S/C14H13BrF2N2O/c1-7-4-9(5-8(2)12(7)15)20-14-11(17)6-10(16)13(18-3)19-14/h4-6H,1-3H3,(H,18,19). The van der Waals surface area contributed by atoms with E-state index in [4.69, 9.17) is 4.74 Å². The van der Waals surface area contributed by atoms with E-state index in [2.05, 4.69) is 26.2 Å². The van der Waals surface area contributed by atoms with Crippen molar-refractivity contribution in [3.05, 3.63) is 45.4 Å². The van der Waals surface area contributed by atoms with Gasteiger partial charge in [0.25, 0.3) is 5.88 Å². The fourth-order valence-corrected chi connectivity index (χ4v) is 2.00. The number of aromatic nitrogens is 1. The molecule has 106 valence electrons. The molecule has 0 saturated heterocycles.